The highest BCUT2D eigenvalue weighted by Gasteiger charge is 2.18. The summed E-state index contributed by atoms with van der Waals surface area (Å²) in [5.41, 5.74) is 1.69. The van der Waals surface area contributed by atoms with Crippen molar-refractivity contribution < 1.29 is 18.1 Å². The van der Waals surface area contributed by atoms with Crippen LogP contribution in [0.2, 0.25) is 0 Å². The molecule has 0 fully saturated rings. The quantitative estimate of drug-likeness (QED) is 0.614. The highest BCUT2D eigenvalue weighted by Crippen LogP contribution is 2.22. The van der Waals surface area contributed by atoms with E-state index < -0.39 is 14.9 Å². The number of nitrogens with one attached hydrogen (secondary N) is 1. The summed E-state index contributed by atoms with van der Waals surface area (Å²) in [4.78, 5) is 22.5. The van der Waals surface area contributed by atoms with Crippen LogP contribution >= 0.6 is 0 Å². The van der Waals surface area contributed by atoms with E-state index in [1.165, 1.54) is 50.5 Å². The van der Waals surface area contributed by atoms with Crippen LogP contribution < -0.4 is 5.32 Å². The smallest absolute Gasteiger partial charge is 0.269 e. The first-order valence-electron chi connectivity index (χ1n) is 7.67. The van der Waals surface area contributed by atoms with E-state index >= 15 is 0 Å². The van der Waals surface area contributed by atoms with Crippen molar-refractivity contribution in [2.24, 2.45) is 0 Å². The molecule has 0 saturated carbocycles. The first kappa shape index (κ1) is 19.5. The number of non-ortho nitro benzene ring substituents is 1. The van der Waals surface area contributed by atoms with Crippen LogP contribution in [0.4, 0.5) is 11.4 Å². The molecule has 1 N–H and O–H groups in total. The summed E-state index contributed by atoms with van der Waals surface area (Å²) in [5, 5.41) is 13.3. The van der Waals surface area contributed by atoms with Crippen molar-refractivity contribution in [3.8, 4) is 0 Å². The molecular formula is C17H19N3O5S. The Labute approximate surface area is 151 Å². The molecule has 2 rings (SSSR count). The summed E-state index contributed by atoms with van der Waals surface area (Å²) >= 11 is 0. The molecule has 0 spiro atoms. The van der Waals surface area contributed by atoms with E-state index in [4.69, 9.17) is 0 Å². The molecule has 0 bridgehead atoms. The molecule has 2 aromatic carbocycles. The lowest BCUT2D eigenvalue weighted by atomic mass is 10.1. The number of benzene rings is 2. The molecule has 1 amide bonds. The van der Waals surface area contributed by atoms with Gasteiger partial charge in [0, 0.05) is 31.9 Å². The first-order chi connectivity index (χ1) is 12.1. The minimum absolute atomic E-state index is 0.0160. The second-order valence-electron chi connectivity index (χ2n) is 5.91. The van der Waals surface area contributed by atoms with Gasteiger partial charge in [0.15, 0.2) is 0 Å². The van der Waals surface area contributed by atoms with Crippen LogP contribution in [0.25, 0.3) is 0 Å². The third-order valence-electron chi connectivity index (χ3n) is 3.77. The Morgan fingerprint density at radius 3 is 2.31 bits per heavy atom. The number of hydrogen-bond acceptors (Lipinski definition) is 5. The van der Waals surface area contributed by atoms with Crippen LogP contribution in [0.5, 0.6) is 0 Å². The number of nitrogens with zero attached hydrogens (tertiary/aromatic N) is 2. The maximum absolute atomic E-state index is 12.2. The Kier molecular flexibility index (Phi) is 5.73. The topological polar surface area (TPSA) is 110 Å². The molecule has 0 aliphatic rings. The SMILES string of the molecule is Cc1ccc(S(=O)(=O)N(C)C)cc1NC(=O)Cc1ccc([N+](=O)[O-])cc1. The molecule has 0 aliphatic heterocycles. The van der Waals surface area contributed by atoms with Crippen LogP contribution in [0.1, 0.15) is 11.1 Å². The van der Waals surface area contributed by atoms with Gasteiger partial charge in [-0.1, -0.05) is 18.2 Å². The number of rotatable bonds is 6. The summed E-state index contributed by atoms with van der Waals surface area (Å²) in [6.45, 7) is 1.76. The monoisotopic (exact) mass is 377 g/mol. The van der Waals surface area contributed by atoms with Crippen molar-refractivity contribution in [3.63, 3.8) is 0 Å². The number of anilines is 1. The minimum Gasteiger partial charge on any atom is -0.326 e. The van der Waals surface area contributed by atoms with E-state index in [2.05, 4.69) is 5.32 Å². The van der Waals surface area contributed by atoms with Gasteiger partial charge in [-0.3, -0.25) is 14.9 Å². The van der Waals surface area contributed by atoms with Gasteiger partial charge in [-0.2, -0.15) is 0 Å². The molecule has 138 valence electrons. The van der Waals surface area contributed by atoms with Crippen molar-refractivity contribution in [2.45, 2.75) is 18.2 Å². The number of carbonyl (C=O) groups excluding carboxylic acids is 1. The van der Waals surface area contributed by atoms with Crippen molar-refractivity contribution in [1.82, 2.24) is 4.31 Å². The molecule has 0 heterocycles. The summed E-state index contributed by atoms with van der Waals surface area (Å²) < 4.78 is 25.5. The third-order valence-corrected chi connectivity index (χ3v) is 5.58. The number of amides is 1. The highest BCUT2D eigenvalue weighted by molar-refractivity contribution is 7.89. The van der Waals surface area contributed by atoms with Gasteiger partial charge in [0.1, 0.15) is 0 Å². The Balaban J connectivity index is 2.17. The summed E-state index contributed by atoms with van der Waals surface area (Å²) in [6.07, 6.45) is 0.0160. The molecule has 0 aromatic heterocycles. The van der Waals surface area contributed by atoms with Gasteiger partial charge in [-0.15, -0.1) is 0 Å². The largest absolute Gasteiger partial charge is 0.326 e. The van der Waals surface area contributed by atoms with Crippen LogP contribution in [0.15, 0.2) is 47.4 Å². The predicted molar refractivity (Wildman–Crippen MR) is 97.5 cm³/mol. The van der Waals surface area contributed by atoms with E-state index in [-0.39, 0.29) is 22.9 Å². The highest BCUT2D eigenvalue weighted by atomic mass is 32.2. The average molecular weight is 377 g/mol. The van der Waals surface area contributed by atoms with Gasteiger partial charge in [0.2, 0.25) is 15.9 Å². The zero-order chi connectivity index (χ0) is 19.5. The van der Waals surface area contributed by atoms with Crippen LogP contribution in [0, 0.1) is 17.0 Å². The fraction of sp³-hybridized carbons (Fsp3) is 0.235. The summed E-state index contributed by atoms with van der Waals surface area (Å²) in [7, 11) is -0.740. The van der Waals surface area contributed by atoms with E-state index in [1.54, 1.807) is 13.0 Å². The minimum atomic E-state index is -3.61. The molecule has 2 aromatic rings. The molecule has 0 unspecified atom stereocenters. The lowest BCUT2D eigenvalue weighted by Crippen LogP contribution is -2.22. The van der Waals surface area contributed by atoms with E-state index in [9.17, 15) is 23.3 Å². The van der Waals surface area contributed by atoms with Gasteiger partial charge in [-0.05, 0) is 30.2 Å². The average Bonchev–Trinajstić information content (AvgIpc) is 2.57. The molecule has 26 heavy (non-hydrogen) atoms. The summed E-state index contributed by atoms with van der Waals surface area (Å²) in [6, 6.07) is 10.2. The molecule has 0 radical (unpaired) electrons. The van der Waals surface area contributed by atoms with Gasteiger partial charge < -0.3 is 5.32 Å². The lowest BCUT2D eigenvalue weighted by molar-refractivity contribution is -0.384. The van der Waals surface area contributed by atoms with E-state index in [0.717, 1.165) is 9.87 Å². The van der Waals surface area contributed by atoms with Crippen LogP contribution in [-0.2, 0) is 21.2 Å². The molecule has 0 saturated heterocycles. The lowest BCUT2D eigenvalue weighted by Gasteiger charge is -2.14. The van der Waals surface area contributed by atoms with Gasteiger partial charge in [0.05, 0.1) is 16.2 Å². The van der Waals surface area contributed by atoms with Crippen molar-refractivity contribution in [1.29, 1.82) is 0 Å². The fourth-order valence-corrected chi connectivity index (χ4v) is 3.15. The maximum atomic E-state index is 12.2. The molecule has 0 aliphatic carbocycles. The first-order valence-corrected chi connectivity index (χ1v) is 9.11. The number of carbonyl (C=O) groups is 1. The maximum Gasteiger partial charge on any atom is 0.269 e. The Morgan fingerprint density at radius 1 is 1.15 bits per heavy atom. The van der Waals surface area contributed by atoms with E-state index in [0.29, 0.717) is 11.3 Å². The number of sulfonamides is 1. The molecule has 8 nitrogen and oxygen atoms in total. The zero-order valence-corrected chi connectivity index (χ0v) is 15.4. The van der Waals surface area contributed by atoms with Crippen molar-refractivity contribution in [3.05, 3.63) is 63.7 Å². The Bertz CT molecular complexity index is 937. The number of hydrogen-bond donors (Lipinski definition) is 1. The normalized spacial score (nSPS) is 11.4. The Morgan fingerprint density at radius 2 is 1.77 bits per heavy atom. The number of nitro benzene ring substituents is 1. The predicted octanol–water partition coefficient (Wildman–Crippen LogP) is 2.33. The second kappa shape index (κ2) is 7.63. The second-order valence-corrected chi connectivity index (χ2v) is 8.06. The molecular weight excluding hydrogens is 358 g/mol. The van der Waals surface area contributed by atoms with E-state index in [1.807, 2.05) is 0 Å². The Hall–Kier alpha value is -2.78. The zero-order valence-electron chi connectivity index (χ0n) is 14.6. The summed E-state index contributed by atoms with van der Waals surface area (Å²) in [5.74, 6) is -0.346. The standard InChI is InChI=1S/C17H19N3O5S/c1-12-4-9-15(26(24,25)19(2)3)11-16(12)18-17(21)10-13-5-7-14(8-6-13)20(22)23/h4-9,11H,10H2,1-3H3,(H,18,21). The third kappa shape index (κ3) is 4.44. The number of aryl methyl sites for hydroxylation is 1. The van der Waals surface area contributed by atoms with Crippen LogP contribution in [0.3, 0.4) is 0 Å². The number of nitro groups is 1. The van der Waals surface area contributed by atoms with Gasteiger partial charge >= 0.3 is 0 Å². The van der Waals surface area contributed by atoms with Gasteiger partial charge in [0.25, 0.3) is 5.69 Å². The van der Waals surface area contributed by atoms with Crippen LogP contribution in [-0.4, -0.2) is 37.6 Å². The van der Waals surface area contributed by atoms with Crippen molar-refractivity contribution in [2.75, 3.05) is 19.4 Å². The van der Waals surface area contributed by atoms with Gasteiger partial charge in [-0.25, -0.2) is 12.7 Å². The fourth-order valence-electron chi connectivity index (χ4n) is 2.22. The molecule has 0 atom stereocenters. The molecule has 9 heteroatoms. The van der Waals surface area contributed by atoms with Crippen molar-refractivity contribution >= 4 is 27.3 Å².